The summed E-state index contributed by atoms with van der Waals surface area (Å²) >= 11 is 0. The summed E-state index contributed by atoms with van der Waals surface area (Å²) in [6, 6.07) is 0.598. The molecule has 130 valence electrons. The number of likely N-dealkylation sites (tertiary alicyclic amines) is 1. The first-order chi connectivity index (χ1) is 10.8. The molecule has 1 aliphatic heterocycles. The Morgan fingerprint density at radius 3 is 2.87 bits per heavy atom. The van der Waals surface area contributed by atoms with Crippen molar-refractivity contribution in [3.63, 3.8) is 0 Å². The zero-order valence-electron chi connectivity index (χ0n) is 14.8. The van der Waals surface area contributed by atoms with Crippen molar-refractivity contribution in [2.75, 3.05) is 6.54 Å². The van der Waals surface area contributed by atoms with Crippen LogP contribution in [-0.4, -0.2) is 50.4 Å². The number of carbonyl (C=O) groups excluding carboxylic acids is 1. The molecule has 0 aliphatic carbocycles. The average molecular weight is 323 g/mol. The van der Waals surface area contributed by atoms with E-state index >= 15 is 0 Å². The lowest BCUT2D eigenvalue weighted by Gasteiger charge is -2.30. The van der Waals surface area contributed by atoms with Crippen LogP contribution in [-0.2, 0) is 4.74 Å². The second-order valence-corrected chi connectivity index (χ2v) is 7.37. The Morgan fingerprint density at radius 1 is 1.52 bits per heavy atom. The zero-order valence-corrected chi connectivity index (χ0v) is 14.8. The van der Waals surface area contributed by atoms with Crippen molar-refractivity contribution < 1.29 is 9.53 Å². The largest absolute Gasteiger partial charge is 0.444 e. The topological polar surface area (TPSA) is 83.1 Å². The first kappa shape index (κ1) is 17.7. The predicted octanol–water partition coefficient (Wildman–Crippen LogP) is 2.63. The van der Waals surface area contributed by atoms with Crippen molar-refractivity contribution in [3.8, 4) is 0 Å². The van der Waals surface area contributed by atoms with E-state index in [2.05, 4.69) is 34.3 Å². The van der Waals surface area contributed by atoms with E-state index in [1.807, 2.05) is 25.7 Å². The van der Waals surface area contributed by atoms with Crippen molar-refractivity contribution in [1.82, 2.24) is 25.4 Å². The minimum absolute atomic E-state index is 0.101. The third kappa shape index (κ3) is 5.20. The van der Waals surface area contributed by atoms with Crippen molar-refractivity contribution in [2.45, 2.75) is 77.6 Å². The Kier molecular flexibility index (Phi) is 5.62. The number of nitrogens with zero attached hydrogens (tertiary/aromatic N) is 3. The number of ether oxygens (including phenoxy) is 1. The lowest BCUT2D eigenvalue weighted by atomic mass is 10.1. The number of aromatic nitrogens is 3. The fourth-order valence-electron chi connectivity index (χ4n) is 3.05. The van der Waals surface area contributed by atoms with Gasteiger partial charge in [0.05, 0.1) is 6.04 Å². The SMILES string of the molecule is CC(CC1CCCN1C(=O)OC(C)(C)C)NC(C)c1ncn[nH]1. The number of nitrogens with one attached hydrogen (secondary N) is 2. The molecule has 0 aromatic carbocycles. The molecule has 0 saturated carbocycles. The summed E-state index contributed by atoms with van der Waals surface area (Å²) in [5, 5.41) is 10.3. The Hall–Kier alpha value is -1.63. The Morgan fingerprint density at radius 2 is 2.26 bits per heavy atom. The van der Waals surface area contributed by atoms with Crippen LogP contribution in [0, 0.1) is 0 Å². The summed E-state index contributed by atoms with van der Waals surface area (Å²) in [5.74, 6) is 0.826. The van der Waals surface area contributed by atoms with Gasteiger partial charge in [-0.15, -0.1) is 0 Å². The van der Waals surface area contributed by atoms with E-state index in [4.69, 9.17) is 4.74 Å². The molecule has 1 aromatic rings. The highest BCUT2D eigenvalue weighted by molar-refractivity contribution is 5.68. The molecule has 3 unspecified atom stereocenters. The van der Waals surface area contributed by atoms with Gasteiger partial charge >= 0.3 is 6.09 Å². The van der Waals surface area contributed by atoms with Crippen molar-refractivity contribution in [3.05, 3.63) is 12.2 Å². The molecule has 7 heteroatoms. The van der Waals surface area contributed by atoms with Gasteiger partial charge in [0.1, 0.15) is 17.8 Å². The molecule has 1 saturated heterocycles. The van der Waals surface area contributed by atoms with Crippen LogP contribution in [0.4, 0.5) is 4.79 Å². The molecule has 0 radical (unpaired) electrons. The van der Waals surface area contributed by atoms with E-state index in [9.17, 15) is 4.79 Å². The number of amides is 1. The lowest BCUT2D eigenvalue weighted by molar-refractivity contribution is 0.0214. The molecular formula is C16H29N5O2. The second kappa shape index (κ2) is 7.29. The van der Waals surface area contributed by atoms with E-state index in [-0.39, 0.29) is 24.2 Å². The molecule has 2 heterocycles. The van der Waals surface area contributed by atoms with Crippen LogP contribution in [0.3, 0.4) is 0 Å². The van der Waals surface area contributed by atoms with E-state index in [0.717, 1.165) is 31.6 Å². The van der Waals surface area contributed by atoms with Gasteiger partial charge < -0.3 is 15.0 Å². The van der Waals surface area contributed by atoms with Crippen molar-refractivity contribution in [2.24, 2.45) is 0 Å². The fourth-order valence-corrected chi connectivity index (χ4v) is 3.05. The molecule has 1 aromatic heterocycles. The maximum absolute atomic E-state index is 12.3. The van der Waals surface area contributed by atoms with Gasteiger partial charge in [-0.3, -0.25) is 5.10 Å². The summed E-state index contributed by atoms with van der Waals surface area (Å²) in [6.45, 7) is 10.7. The van der Waals surface area contributed by atoms with E-state index in [0.29, 0.717) is 0 Å². The van der Waals surface area contributed by atoms with Crippen LogP contribution >= 0.6 is 0 Å². The third-order valence-corrected chi connectivity index (χ3v) is 4.01. The molecule has 3 atom stereocenters. The number of hydrogen-bond acceptors (Lipinski definition) is 5. The van der Waals surface area contributed by atoms with Crippen molar-refractivity contribution >= 4 is 6.09 Å². The fraction of sp³-hybridized carbons (Fsp3) is 0.812. The number of H-pyrrole nitrogens is 1. The van der Waals surface area contributed by atoms with E-state index < -0.39 is 5.60 Å². The first-order valence-corrected chi connectivity index (χ1v) is 8.37. The summed E-state index contributed by atoms with van der Waals surface area (Å²) in [5.41, 5.74) is -0.450. The second-order valence-electron chi connectivity index (χ2n) is 7.37. The quantitative estimate of drug-likeness (QED) is 0.870. The molecule has 0 bridgehead atoms. The van der Waals surface area contributed by atoms with E-state index in [1.54, 1.807) is 0 Å². The maximum atomic E-state index is 12.3. The molecule has 2 N–H and O–H groups in total. The zero-order chi connectivity index (χ0) is 17.0. The highest BCUT2D eigenvalue weighted by Gasteiger charge is 2.33. The smallest absolute Gasteiger partial charge is 0.410 e. The summed E-state index contributed by atoms with van der Waals surface area (Å²) < 4.78 is 5.52. The lowest BCUT2D eigenvalue weighted by Crippen LogP contribution is -2.43. The van der Waals surface area contributed by atoms with Crippen LogP contribution in [0.25, 0.3) is 0 Å². The van der Waals surface area contributed by atoms with Crippen LogP contribution in [0.5, 0.6) is 0 Å². The molecule has 7 nitrogen and oxygen atoms in total. The Balaban J connectivity index is 1.86. The highest BCUT2D eigenvalue weighted by Crippen LogP contribution is 2.24. The number of hydrogen-bond donors (Lipinski definition) is 2. The Bertz CT molecular complexity index is 497. The van der Waals surface area contributed by atoms with Crippen LogP contribution in [0.2, 0.25) is 0 Å². The molecule has 1 amide bonds. The van der Waals surface area contributed by atoms with Crippen molar-refractivity contribution in [1.29, 1.82) is 0 Å². The summed E-state index contributed by atoms with van der Waals surface area (Å²) in [4.78, 5) is 18.4. The highest BCUT2D eigenvalue weighted by atomic mass is 16.6. The van der Waals surface area contributed by atoms with Gasteiger partial charge in [0.2, 0.25) is 0 Å². The third-order valence-electron chi connectivity index (χ3n) is 4.01. The summed E-state index contributed by atoms with van der Waals surface area (Å²) in [6.07, 6.45) is 4.28. The van der Waals surface area contributed by atoms with Gasteiger partial charge in [0.15, 0.2) is 0 Å². The van der Waals surface area contributed by atoms with Gasteiger partial charge in [0, 0.05) is 18.6 Å². The maximum Gasteiger partial charge on any atom is 0.410 e. The van der Waals surface area contributed by atoms with Gasteiger partial charge in [-0.05, 0) is 53.9 Å². The van der Waals surface area contributed by atoms with Gasteiger partial charge in [-0.25, -0.2) is 9.78 Å². The van der Waals surface area contributed by atoms with Gasteiger partial charge in [0.25, 0.3) is 0 Å². The molecule has 23 heavy (non-hydrogen) atoms. The molecule has 0 spiro atoms. The summed E-state index contributed by atoms with van der Waals surface area (Å²) in [7, 11) is 0. The van der Waals surface area contributed by atoms with Crippen LogP contribution < -0.4 is 5.32 Å². The normalized spacial score (nSPS) is 21.3. The van der Waals surface area contributed by atoms with Crippen LogP contribution in [0.15, 0.2) is 6.33 Å². The number of rotatable bonds is 5. The first-order valence-electron chi connectivity index (χ1n) is 8.37. The molecule has 1 fully saturated rings. The predicted molar refractivity (Wildman–Crippen MR) is 88.0 cm³/mol. The van der Waals surface area contributed by atoms with Gasteiger partial charge in [-0.2, -0.15) is 5.10 Å². The number of aromatic amines is 1. The molecule has 1 aliphatic rings. The Labute approximate surface area is 138 Å². The standard InChI is InChI=1S/C16H29N5O2/c1-11(19-12(2)14-17-10-18-20-14)9-13-7-6-8-21(13)15(22)23-16(3,4)5/h10-13,19H,6-9H2,1-5H3,(H,17,18,20). The average Bonchev–Trinajstić information content (AvgIpc) is 3.06. The van der Waals surface area contributed by atoms with E-state index in [1.165, 1.54) is 6.33 Å². The monoisotopic (exact) mass is 323 g/mol. The minimum atomic E-state index is -0.450. The van der Waals surface area contributed by atoms with Gasteiger partial charge in [-0.1, -0.05) is 0 Å². The van der Waals surface area contributed by atoms with Crippen LogP contribution in [0.1, 0.15) is 65.7 Å². The minimum Gasteiger partial charge on any atom is -0.444 e. The molecule has 2 rings (SSSR count). The number of carbonyl (C=O) groups is 1. The molecular weight excluding hydrogens is 294 g/mol.